The van der Waals surface area contributed by atoms with E-state index >= 15 is 0 Å². The number of nitrogens with zero attached hydrogens (tertiary/aromatic N) is 1. The molecule has 90 valence electrons. The number of rotatable bonds is 2. The van der Waals surface area contributed by atoms with Gasteiger partial charge in [0.15, 0.2) is 5.58 Å². The quantitative estimate of drug-likeness (QED) is 0.752. The Morgan fingerprint density at radius 3 is 2.61 bits per heavy atom. The second-order valence-electron chi connectivity index (χ2n) is 3.99. The van der Waals surface area contributed by atoms with Gasteiger partial charge < -0.3 is 9.52 Å². The first kappa shape index (κ1) is 10.9. The maximum Gasteiger partial charge on any atom is 0.227 e. The van der Waals surface area contributed by atoms with E-state index in [1.54, 1.807) is 30.3 Å². The normalized spacial score (nSPS) is 11.0. The van der Waals surface area contributed by atoms with E-state index in [1.807, 2.05) is 0 Å². The molecule has 3 nitrogen and oxygen atoms in total. The van der Waals surface area contributed by atoms with Crippen LogP contribution in [-0.4, -0.2) is 10.1 Å². The van der Waals surface area contributed by atoms with Crippen LogP contribution in [0.3, 0.4) is 0 Å². The van der Waals surface area contributed by atoms with Gasteiger partial charge in [0.2, 0.25) is 5.89 Å². The zero-order chi connectivity index (χ0) is 12.5. The van der Waals surface area contributed by atoms with Gasteiger partial charge in [0, 0.05) is 5.56 Å². The van der Waals surface area contributed by atoms with Gasteiger partial charge in [0.05, 0.1) is 6.61 Å². The lowest BCUT2D eigenvalue weighted by atomic mass is 10.2. The van der Waals surface area contributed by atoms with Crippen LogP contribution < -0.4 is 0 Å². The molecule has 0 fully saturated rings. The van der Waals surface area contributed by atoms with Gasteiger partial charge in [-0.25, -0.2) is 9.37 Å². The molecule has 3 aromatic rings. The van der Waals surface area contributed by atoms with E-state index < -0.39 is 0 Å². The Labute approximate surface area is 103 Å². The minimum Gasteiger partial charge on any atom is -0.436 e. The molecule has 0 unspecified atom stereocenters. The average Bonchev–Trinajstić information content (AvgIpc) is 2.82. The number of fused-ring (bicyclic) bond motifs is 1. The summed E-state index contributed by atoms with van der Waals surface area (Å²) in [6.45, 7) is -0.0331. The highest BCUT2D eigenvalue weighted by molar-refractivity contribution is 5.76. The summed E-state index contributed by atoms with van der Waals surface area (Å²) in [6.07, 6.45) is 0. The van der Waals surface area contributed by atoms with Gasteiger partial charge >= 0.3 is 0 Å². The van der Waals surface area contributed by atoms with Gasteiger partial charge in [-0.15, -0.1) is 0 Å². The highest BCUT2D eigenvalue weighted by Gasteiger charge is 2.08. The Kier molecular flexibility index (Phi) is 2.57. The number of aliphatic hydroxyl groups is 1. The molecule has 0 aliphatic rings. The van der Waals surface area contributed by atoms with Crippen molar-refractivity contribution in [2.75, 3.05) is 0 Å². The van der Waals surface area contributed by atoms with Crippen molar-refractivity contribution in [2.24, 2.45) is 0 Å². The van der Waals surface area contributed by atoms with Gasteiger partial charge in [0.1, 0.15) is 11.3 Å². The summed E-state index contributed by atoms with van der Waals surface area (Å²) in [5.41, 5.74) is 2.83. The summed E-state index contributed by atoms with van der Waals surface area (Å²) in [6, 6.07) is 11.3. The van der Waals surface area contributed by atoms with Crippen molar-refractivity contribution in [2.45, 2.75) is 6.61 Å². The molecule has 4 heteroatoms. The Hall–Kier alpha value is -2.20. The molecule has 3 rings (SSSR count). The molecule has 0 radical (unpaired) electrons. The van der Waals surface area contributed by atoms with Crippen molar-refractivity contribution in [3.8, 4) is 11.5 Å². The fourth-order valence-electron chi connectivity index (χ4n) is 1.79. The molecule has 0 amide bonds. The number of hydrogen-bond donors (Lipinski definition) is 1. The Morgan fingerprint density at radius 2 is 1.89 bits per heavy atom. The smallest absolute Gasteiger partial charge is 0.227 e. The molecule has 0 saturated carbocycles. The van der Waals surface area contributed by atoms with E-state index in [0.717, 1.165) is 11.1 Å². The molecule has 1 N–H and O–H groups in total. The van der Waals surface area contributed by atoms with Gasteiger partial charge in [-0.3, -0.25) is 0 Å². The van der Waals surface area contributed by atoms with Gasteiger partial charge in [-0.05, 0) is 42.0 Å². The van der Waals surface area contributed by atoms with Gasteiger partial charge in [-0.1, -0.05) is 6.07 Å². The van der Waals surface area contributed by atoms with E-state index in [0.29, 0.717) is 17.0 Å². The number of aliphatic hydroxyl groups excluding tert-OH is 1. The molecular weight excluding hydrogens is 233 g/mol. The lowest BCUT2D eigenvalue weighted by Gasteiger charge is -1.93. The van der Waals surface area contributed by atoms with E-state index in [2.05, 4.69) is 4.98 Å². The highest BCUT2D eigenvalue weighted by Crippen LogP contribution is 2.25. The number of hydrogen-bond acceptors (Lipinski definition) is 3. The first-order chi connectivity index (χ1) is 8.76. The molecule has 1 heterocycles. The maximum atomic E-state index is 12.8. The SMILES string of the molecule is OCc1ccc2oc(-c3ccc(F)cc3)nc2c1. The molecule has 0 aliphatic heterocycles. The Bertz CT molecular complexity index is 689. The fourth-order valence-corrected chi connectivity index (χ4v) is 1.79. The summed E-state index contributed by atoms with van der Waals surface area (Å²) in [4.78, 5) is 4.32. The summed E-state index contributed by atoms with van der Waals surface area (Å²) >= 11 is 0. The third-order valence-electron chi connectivity index (χ3n) is 2.73. The molecule has 0 saturated heterocycles. The lowest BCUT2D eigenvalue weighted by molar-refractivity contribution is 0.282. The van der Waals surface area contributed by atoms with Crippen molar-refractivity contribution in [3.05, 3.63) is 53.8 Å². The largest absolute Gasteiger partial charge is 0.436 e. The number of benzene rings is 2. The fraction of sp³-hybridized carbons (Fsp3) is 0.0714. The van der Waals surface area contributed by atoms with Crippen LogP contribution in [0.15, 0.2) is 46.9 Å². The summed E-state index contributed by atoms with van der Waals surface area (Å²) < 4.78 is 18.4. The molecule has 1 aromatic heterocycles. The predicted octanol–water partition coefficient (Wildman–Crippen LogP) is 3.13. The number of oxazole rings is 1. The van der Waals surface area contributed by atoms with E-state index in [1.165, 1.54) is 12.1 Å². The Morgan fingerprint density at radius 1 is 1.11 bits per heavy atom. The van der Waals surface area contributed by atoms with Crippen molar-refractivity contribution < 1.29 is 13.9 Å². The monoisotopic (exact) mass is 243 g/mol. The van der Waals surface area contributed by atoms with E-state index in [9.17, 15) is 4.39 Å². The van der Waals surface area contributed by atoms with Crippen LogP contribution in [0.25, 0.3) is 22.6 Å². The predicted molar refractivity (Wildman–Crippen MR) is 65.3 cm³/mol. The number of halogens is 1. The molecule has 0 bridgehead atoms. The molecule has 0 atom stereocenters. The second kappa shape index (κ2) is 4.23. The summed E-state index contributed by atoms with van der Waals surface area (Å²) in [7, 11) is 0. The van der Waals surface area contributed by atoms with E-state index in [-0.39, 0.29) is 12.4 Å². The van der Waals surface area contributed by atoms with Crippen molar-refractivity contribution in [1.82, 2.24) is 4.98 Å². The third-order valence-corrected chi connectivity index (χ3v) is 2.73. The minimum absolute atomic E-state index is 0.0331. The van der Waals surface area contributed by atoms with Crippen molar-refractivity contribution >= 4 is 11.1 Å². The van der Waals surface area contributed by atoms with Crippen LogP contribution in [0.1, 0.15) is 5.56 Å². The molecule has 0 aliphatic carbocycles. The maximum absolute atomic E-state index is 12.8. The number of aromatic nitrogens is 1. The van der Waals surface area contributed by atoms with Crippen molar-refractivity contribution in [3.63, 3.8) is 0 Å². The first-order valence-electron chi connectivity index (χ1n) is 5.52. The summed E-state index contributed by atoms with van der Waals surface area (Å²) in [5.74, 6) is 0.150. The third kappa shape index (κ3) is 1.87. The molecular formula is C14H10FNO2. The topological polar surface area (TPSA) is 46.3 Å². The van der Waals surface area contributed by atoms with Crippen LogP contribution in [0.5, 0.6) is 0 Å². The first-order valence-corrected chi connectivity index (χ1v) is 5.52. The Balaban J connectivity index is 2.10. The van der Waals surface area contributed by atoms with Crippen LogP contribution in [0.4, 0.5) is 4.39 Å². The molecule has 0 spiro atoms. The van der Waals surface area contributed by atoms with Crippen LogP contribution in [0, 0.1) is 5.82 Å². The highest BCUT2D eigenvalue weighted by atomic mass is 19.1. The standard InChI is InChI=1S/C14H10FNO2/c15-11-4-2-10(3-5-11)14-16-12-7-9(8-17)1-6-13(12)18-14/h1-7,17H,8H2. The lowest BCUT2D eigenvalue weighted by Crippen LogP contribution is -1.81. The average molecular weight is 243 g/mol. The summed E-state index contributed by atoms with van der Waals surface area (Å²) in [5, 5.41) is 9.05. The zero-order valence-electron chi connectivity index (χ0n) is 9.43. The van der Waals surface area contributed by atoms with Crippen molar-refractivity contribution in [1.29, 1.82) is 0 Å². The van der Waals surface area contributed by atoms with Crippen LogP contribution in [0.2, 0.25) is 0 Å². The van der Waals surface area contributed by atoms with E-state index in [4.69, 9.17) is 9.52 Å². The van der Waals surface area contributed by atoms with Crippen LogP contribution >= 0.6 is 0 Å². The van der Waals surface area contributed by atoms with Gasteiger partial charge in [-0.2, -0.15) is 0 Å². The molecule has 18 heavy (non-hydrogen) atoms. The second-order valence-corrected chi connectivity index (χ2v) is 3.99. The minimum atomic E-state index is -0.294. The van der Waals surface area contributed by atoms with Crippen LogP contribution in [-0.2, 0) is 6.61 Å². The zero-order valence-corrected chi connectivity index (χ0v) is 9.43. The molecule has 2 aromatic carbocycles. The van der Waals surface area contributed by atoms with Gasteiger partial charge in [0.25, 0.3) is 0 Å².